The van der Waals surface area contributed by atoms with Crippen LogP contribution in [0.2, 0.25) is 0 Å². The van der Waals surface area contributed by atoms with Gasteiger partial charge in [-0.3, -0.25) is 0 Å². The van der Waals surface area contributed by atoms with Gasteiger partial charge in [-0.25, -0.2) is 4.79 Å². The van der Waals surface area contributed by atoms with E-state index in [2.05, 4.69) is 15.9 Å². The molecular formula is C9H7BrO2. The molecule has 0 radical (unpaired) electrons. The molecule has 0 N–H and O–H groups in total. The second-order valence-electron chi connectivity index (χ2n) is 2.70. The molecule has 12 heavy (non-hydrogen) atoms. The molecule has 0 bridgehead atoms. The van der Waals surface area contributed by atoms with E-state index < -0.39 is 0 Å². The minimum Gasteiger partial charge on any atom is -0.457 e. The van der Waals surface area contributed by atoms with Gasteiger partial charge in [0.1, 0.15) is 6.61 Å². The molecule has 1 aromatic rings. The van der Waals surface area contributed by atoms with Gasteiger partial charge in [-0.05, 0) is 11.6 Å². The number of carbonyl (C=O) groups excluding carboxylic acids is 1. The Morgan fingerprint density at radius 3 is 3.08 bits per heavy atom. The zero-order valence-electron chi connectivity index (χ0n) is 6.34. The summed E-state index contributed by atoms with van der Waals surface area (Å²) in [6, 6.07) is 5.75. The predicted octanol–water partition coefficient (Wildman–Crippen LogP) is 2.25. The van der Waals surface area contributed by atoms with Gasteiger partial charge in [0.2, 0.25) is 0 Å². The van der Waals surface area contributed by atoms with Crippen molar-refractivity contribution in [1.82, 2.24) is 0 Å². The molecule has 3 heteroatoms. The number of rotatable bonds is 1. The number of hydrogen-bond donors (Lipinski definition) is 0. The number of benzene rings is 1. The molecule has 62 valence electrons. The smallest absolute Gasteiger partial charge is 0.338 e. The van der Waals surface area contributed by atoms with E-state index in [0.717, 1.165) is 10.9 Å². The second-order valence-corrected chi connectivity index (χ2v) is 3.26. The van der Waals surface area contributed by atoms with E-state index in [1.165, 1.54) is 5.56 Å². The Balaban J connectivity index is 2.48. The first-order valence-electron chi connectivity index (χ1n) is 3.66. The highest BCUT2D eigenvalue weighted by Gasteiger charge is 2.20. The molecule has 1 aliphatic rings. The third-order valence-corrected chi connectivity index (χ3v) is 2.55. The van der Waals surface area contributed by atoms with Gasteiger partial charge in [0.15, 0.2) is 0 Å². The number of alkyl halides is 1. The first kappa shape index (κ1) is 7.80. The summed E-state index contributed by atoms with van der Waals surface area (Å²) in [7, 11) is 0. The van der Waals surface area contributed by atoms with E-state index in [4.69, 9.17) is 4.74 Å². The van der Waals surface area contributed by atoms with E-state index in [-0.39, 0.29) is 5.97 Å². The summed E-state index contributed by atoms with van der Waals surface area (Å²) in [5, 5.41) is 0.814. The van der Waals surface area contributed by atoms with Crippen LogP contribution in [0.1, 0.15) is 21.5 Å². The Hall–Kier alpha value is -0.830. The standard InChI is InChI=1S/C9H7BrO2/c10-4-6-1-2-8-7(3-6)5-12-9(8)11/h1-3H,4-5H2. The van der Waals surface area contributed by atoms with Crippen LogP contribution >= 0.6 is 15.9 Å². The van der Waals surface area contributed by atoms with E-state index >= 15 is 0 Å². The number of ether oxygens (including phenoxy) is 1. The number of cyclic esters (lactones) is 1. The molecule has 0 saturated carbocycles. The average Bonchev–Trinajstić information content (AvgIpc) is 2.47. The summed E-state index contributed by atoms with van der Waals surface area (Å²) < 4.78 is 4.87. The van der Waals surface area contributed by atoms with Crippen LogP contribution in [0.3, 0.4) is 0 Å². The van der Waals surface area contributed by atoms with E-state index in [1.54, 1.807) is 0 Å². The first-order valence-corrected chi connectivity index (χ1v) is 4.78. The zero-order valence-corrected chi connectivity index (χ0v) is 7.93. The largest absolute Gasteiger partial charge is 0.457 e. The summed E-state index contributed by atoms with van der Waals surface area (Å²) in [5.74, 6) is -0.203. The summed E-state index contributed by atoms with van der Waals surface area (Å²) in [6.45, 7) is 0.426. The highest BCUT2D eigenvalue weighted by Crippen LogP contribution is 2.21. The van der Waals surface area contributed by atoms with E-state index in [1.807, 2.05) is 18.2 Å². The predicted molar refractivity (Wildman–Crippen MR) is 48.2 cm³/mol. The van der Waals surface area contributed by atoms with Crippen molar-refractivity contribution in [3.63, 3.8) is 0 Å². The molecular weight excluding hydrogens is 220 g/mol. The van der Waals surface area contributed by atoms with Crippen LogP contribution in [0.15, 0.2) is 18.2 Å². The zero-order chi connectivity index (χ0) is 8.55. The lowest BCUT2D eigenvalue weighted by atomic mass is 10.1. The van der Waals surface area contributed by atoms with Crippen molar-refractivity contribution < 1.29 is 9.53 Å². The molecule has 2 rings (SSSR count). The minimum absolute atomic E-state index is 0.203. The Bertz CT molecular complexity index is 333. The maximum Gasteiger partial charge on any atom is 0.338 e. The molecule has 0 unspecified atom stereocenters. The quantitative estimate of drug-likeness (QED) is 0.543. The van der Waals surface area contributed by atoms with Gasteiger partial charge in [-0.2, -0.15) is 0 Å². The molecule has 0 aromatic heterocycles. The summed E-state index contributed by atoms with van der Waals surface area (Å²) in [5.41, 5.74) is 2.88. The summed E-state index contributed by atoms with van der Waals surface area (Å²) in [6.07, 6.45) is 0. The van der Waals surface area contributed by atoms with Crippen molar-refractivity contribution in [2.75, 3.05) is 0 Å². The summed E-state index contributed by atoms with van der Waals surface area (Å²) >= 11 is 3.36. The minimum atomic E-state index is -0.203. The highest BCUT2D eigenvalue weighted by molar-refractivity contribution is 9.08. The number of esters is 1. The molecule has 2 nitrogen and oxygen atoms in total. The Morgan fingerprint density at radius 2 is 2.33 bits per heavy atom. The maximum absolute atomic E-state index is 11.0. The van der Waals surface area contributed by atoms with Gasteiger partial charge in [-0.15, -0.1) is 0 Å². The molecule has 0 amide bonds. The normalized spacial score (nSPS) is 14.2. The Morgan fingerprint density at radius 1 is 1.50 bits per heavy atom. The Labute approximate surface area is 78.7 Å². The van der Waals surface area contributed by atoms with Gasteiger partial charge in [0.25, 0.3) is 0 Å². The molecule has 0 fully saturated rings. The van der Waals surface area contributed by atoms with Crippen LogP contribution in [0.4, 0.5) is 0 Å². The van der Waals surface area contributed by atoms with Crippen molar-refractivity contribution in [1.29, 1.82) is 0 Å². The van der Waals surface area contributed by atoms with Crippen LogP contribution in [0.25, 0.3) is 0 Å². The topological polar surface area (TPSA) is 26.3 Å². The van der Waals surface area contributed by atoms with Gasteiger partial charge in [-0.1, -0.05) is 28.1 Å². The lowest BCUT2D eigenvalue weighted by Crippen LogP contribution is -1.93. The third-order valence-electron chi connectivity index (χ3n) is 1.90. The SMILES string of the molecule is O=C1OCc2cc(CBr)ccc21. The number of fused-ring (bicyclic) bond motifs is 1. The van der Waals surface area contributed by atoms with Crippen LogP contribution in [0, 0.1) is 0 Å². The van der Waals surface area contributed by atoms with Gasteiger partial charge < -0.3 is 4.74 Å². The monoisotopic (exact) mass is 226 g/mol. The number of hydrogen-bond acceptors (Lipinski definition) is 2. The number of carbonyl (C=O) groups is 1. The molecule has 0 saturated heterocycles. The lowest BCUT2D eigenvalue weighted by Gasteiger charge is -1.96. The van der Waals surface area contributed by atoms with Gasteiger partial charge in [0, 0.05) is 10.9 Å². The van der Waals surface area contributed by atoms with Gasteiger partial charge in [0.05, 0.1) is 5.56 Å². The summed E-state index contributed by atoms with van der Waals surface area (Å²) in [4.78, 5) is 11.0. The average molecular weight is 227 g/mol. The van der Waals surface area contributed by atoms with Crippen LogP contribution in [-0.4, -0.2) is 5.97 Å². The molecule has 1 aliphatic heterocycles. The fourth-order valence-electron chi connectivity index (χ4n) is 1.27. The molecule has 1 aromatic carbocycles. The highest BCUT2D eigenvalue weighted by atomic mass is 79.9. The Kier molecular flexibility index (Phi) is 1.89. The van der Waals surface area contributed by atoms with E-state index in [0.29, 0.717) is 12.2 Å². The van der Waals surface area contributed by atoms with Crippen molar-refractivity contribution in [2.24, 2.45) is 0 Å². The molecule has 0 atom stereocenters. The van der Waals surface area contributed by atoms with Crippen LogP contribution in [0.5, 0.6) is 0 Å². The first-order chi connectivity index (χ1) is 5.81. The van der Waals surface area contributed by atoms with E-state index in [9.17, 15) is 4.79 Å². The van der Waals surface area contributed by atoms with Crippen molar-refractivity contribution >= 4 is 21.9 Å². The molecule has 0 aliphatic carbocycles. The van der Waals surface area contributed by atoms with Crippen LogP contribution in [-0.2, 0) is 16.7 Å². The fourth-order valence-corrected chi connectivity index (χ4v) is 1.62. The lowest BCUT2D eigenvalue weighted by molar-refractivity contribution is 0.0535. The third kappa shape index (κ3) is 1.14. The maximum atomic E-state index is 11.0. The second kappa shape index (κ2) is 2.90. The molecule has 1 heterocycles. The fraction of sp³-hybridized carbons (Fsp3) is 0.222. The number of halogens is 1. The van der Waals surface area contributed by atoms with Crippen molar-refractivity contribution in [3.05, 3.63) is 34.9 Å². The van der Waals surface area contributed by atoms with Crippen molar-refractivity contribution in [3.8, 4) is 0 Å². The van der Waals surface area contributed by atoms with Gasteiger partial charge >= 0.3 is 5.97 Å². The molecule has 0 spiro atoms. The van der Waals surface area contributed by atoms with Crippen molar-refractivity contribution in [2.45, 2.75) is 11.9 Å². The van der Waals surface area contributed by atoms with Crippen LogP contribution < -0.4 is 0 Å².